The van der Waals surface area contributed by atoms with Crippen molar-refractivity contribution in [2.24, 2.45) is 0 Å². The van der Waals surface area contributed by atoms with E-state index in [4.69, 9.17) is 25.3 Å². The molecule has 3 rings (SSSR count). The lowest BCUT2D eigenvalue weighted by molar-refractivity contribution is 0.199. The van der Waals surface area contributed by atoms with E-state index in [1.807, 2.05) is 30.3 Å². The molecule has 0 unspecified atom stereocenters. The van der Waals surface area contributed by atoms with E-state index >= 15 is 0 Å². The number of rotatable bonds is 5. The van der Waals surface area contributed by atoms with Gasteiger partial charge in [0.1, 0.15) is 5.76 Å². The van der Waals surface area contributed by atoms with Crippen molar-refractivity contribution in [3.8, 4) is 23.0 Å². The van der Waals surface area contributed by atoms with E-state index < -0.39 is 0 Å². The molecule has 0 aliphatic heterocycles. The lowest BCUT2D eigenvalue weighted by Crippen LogP contribution is -1.95. The number of furan rings is 1. The molecule has 2 aromatic heterocycles. The Morgan fingerprint density at radius 1 is 1.14 bits per heavy atom. The minimum absolute atomic E-state index is 0.347. The molecule has 0 bridgehead atoms. The van der Waals surface area contributed by atoms with Gasteiger partial charge in [0.15, 0.2) is 11.6 Å². The molecule has 0 saturated carbocycles. The lowest BCUT2D eigenvalue weighted by Gasteiger charge is -1.98. The van der Waals surface area contributed by atoms with Crippen LogP contribution in [0.1, 0.15) is 5.82 Å². The molecule has 0 aliphatic carbocycles. The van der Waals surface area contributed by atoms with Crippen LogP contribution in [0.5, 0.6) is 0 Å². The van der Waals surface area contributed by atoms with Crippen LogP contribution >= 0.6 is 11.6 Å². The highest BCUT2D eigenvalue weighted by Gasteiger charge is 2.14. The average molecular weight is 305 g/mol. The summed E-state index contributed by atoms with van der Waals surface area (Å²) in [5, 5.41) is 4.51. The molecule has 6 heteroatoms. The highest BCUT2D eigenvalue weighted by Crippen LogP contribution is 2.31. The molecule has 0 atom stereocenters. The molecule has 2 heterocycles. The highest BCUT2D eigenvalue weighted by atomic mass is 35.5. The maximum atomic E-state index is 6.15. The Balaban J connectivity index is 1.85. The maximum absolute atomic E-state index is 6.15. The first kappa shape index (κ1) is 13.9. The number of benzene rings is 1. The largest absolute Gasteiger partial charge is 0.451 e. The molecule has 0 fully saturated rings. The molecule has 0 radical (unpaired) electrons. The number of methoxy groups -OCH3 is 1. The van der Waals surface area contributed by atoms with Gasteiger partial charge in [0.25, 0.3) is 5.89 Å². The second-order valence-corrected chi connectivity index (χ2v) is 4.81. The van der Waals surface area contributed by atoms with Gasteiger partial charge in [-0.3, -0.25) is 0 Å². The van der Waals surface area contributed by atoms with Crippen LogP contribution in [0.2, 0.25) is 5.02 Å². The Hall–Kier alpha value is -2.11. The SMILES string of the molecule is COCCc1noc(-c2ccc(-c3ccccc3Cl)o2)n1. The van der Waals surface area contributed by atoms with Crippen LogP contribution in [0.4, 0.5) is 0 Å². The van der Waals surface area contributed by atoms with Gasteiger partial charge < -0.3 is 13.7 Å². The molecular weight excluding hydrogens is 292 g/mol. The van der Waals surface area contributed by atoms with Crippen molar-refractivity contribution in [1.29, 1.82) is 0 Å². The van der Waals surface area contributed by atoms with Gasteiger partial charge in [-0.25, -0.2) is 0 Å². The minimum atomic E-state index is 0.347. The fraction of sp³-hybridized carbons (Fsp3) is 0.200. The zero-order chi connectivity index (χ0) is 14.7. The molecule has 1 aromatic carbocycles. The van der Waals surface area contributed by atoms with Crippen LogP contribution in [-0.4, -0.2) is 23.9 Å². The molecule has 0 aliphatic rings. The van der Waals surface area contributed by atoms with Crippen LogP contribution in [0.15, 0.2) is 45.3 Å². The van der Waals surface area contributed by atoms with E-state index in [9.17, 15) is 0 Å². The Bertz CT molecular complexity index is 736. The number of hydrogen-bond acceptors (Lipinski definition) is 5. The Morgan fingerprint density at radius 3 is 2.76 bits per heavy atom. The van der Waals surface area contributed by atoms with Gasteiger partial charge in [-0.05, 0) is 24.3 Å². The predicted octanol–water partition coefficient (Wildman–Crippen LogP) is 3.84. The summed E-state index contributed by atoms with van der Waals surface area (Å²) in [6.07, 6.45) is 0.595. The van der Waals surface area contributed by atoms with Crippen molar-refractivity contribution in [3.05, 3.63) is 47.2 Å². The summed E-state index contributed by atoms with van der Waals surface area (Å²) >= 11 is 6.15. The van der Waals surface area contributed by atoms with Crippen molar-refractivity contribution >= 4 is 11.6 Å². The van der Waals surface area contributed by atoms with Crippen molar-refractivity contribution < 1.29 is 13.7 Å². The monoisotopic (exact) mass is 304 g/mol. The maximum Gasteiger partial charge on any atom is 0.293 e. The fourth-order valence-corrected chi connectivity index (χ4v) is 2.14. The number of ether oxygens (including phenoxy) is 1. The van der Waals surface area contributed by atoms with Gasteiger partial charge in [0.2, 0.25) is 0 Å². The second-order valence-electron chi connectivity index (χ2n) is 4.40. The second kappa shape index (κ2) is 6.11. The third-order valence-electron chi connectivity index (χ3n) is 2.95. The van der Waals surface area contributed by atoms with Crippen molar-refractivity contribution in [2.45, 2.75) is 6.42 Å². The van der Waals surface area contributed by atoms with Crippen LogP contribution in [0, 0.1) is 0 Å². The van der Waals surface area contributed by atoms with Gasteiger partial charge in [-0.15, -0.1) is 0 Å². The van der Waals surface area contributed by atoms with Gasteiger partial charge in [0.05, 0.1) is 11.6 Å². The molecule has 0 spiro atoms. The highest BCUT2D eigenvalue weighted by molar-refractivity contribution is 6.33. The Morgan fingerprint density at radius 2 is 1.95 bits per heavy atom. The third kappa shape index (κ3) is 2.99. The summed E-state index contributed by atoms with van der Waals surface area (Å²) in [6.45, 7) is 0.544. The average Bonchev–Trinajstić information content (AvgIpc) is 3.14. The molecule has 0 saturated heterocycles. The predicted molar refractivity (Wildman–Crippen MR) is 78.0 cm³/mol. The van der Waals surface area contributed by atoms with Crippen molar-refractivity contribution in [1.82, 2.24) is 10.1 Å². The quantitative estimate of drug-likeness (QED) is 0.716. The van der Waals surface area contributed by atoms with E-state index in [0.29, 0.717) is 41.3 Å². The van der Waals surface area contributed by atoms with Gasteiger partial charge >= 0.3 is 0 Å². The van der Waals surface area contributed by atoms with Crippen LogP contribution in [-0.2, 0) is 11.2 Å². The first-order valence-corrected chi connectivity index (χ1v) is 6.82. The Labute approximate surface area is 126 Å². The number of halogens is 1. The van der Waals surface area contributed by atoms with Crippen molar-refractivity contribution in [3.63, 3.8) is 0 Å². The van der Waals surface area contributed by atoms with E-state index in [1.54, 1.807) is 13.2 Å². The minimum Gasteiger partial charge on any atom is -0.451 e. The summed E-state index contributed by atoms with van der Waals surface area (Å²) in [6, 6.07) is 11.1. The van der Waals surface area contributed by atoms with Gasteiger partial charge in [-0.1, -0.05) is 28.9 Å². The van der Waals surface area contributed by atoms with E-state index in [0.717, 1.165) is 5.56 Å². The Kier molecular flexibility index (Phi) is 4.03. The zero-order valence-corrected chi connectivity index (χ0v) is 12.1. The fourth-order valence-electron chi connectivity index (χ4n) is 1.91. The van der Waals surface area contributed by atoms with Crippen LogP contribution in [0.25, 0.3) is 23.0 Å². The number of aromatic nitrogens is 2. The van der Waals surface area contributed by atoms with Gasteiger partial charge in [0, 0.05) is 19.1 Å². The number of hydrogen-bond donors (Lipinski definition) is 0. The van der Waals surface area contributed by atoms with Gasteiger partial charge in [-0.2, -0.15) is 4.98 Å². The zero-order valence-electron chi connectivity index (χ0n) is 11.4. The number of nitrogens with zero attached hydrogens (tertiary/aromatic N) is 2. The van der Waals surface area contributed by atoms with Crippen molar-refractivity contribution in [2.75, 3.05) is 13.7 Å². The summed E-state index contributed by atoms with van der Waals surface area (Å²) < 4.78 is 15.9. The molecular formula is C15H13ClN2O3. The molecule has 3 aromatic rings. The van der Waals surface area contributed by atoms with E-state index in [-0.39, 0.29) is 0 Å². The third-order valence-corrected chi connectivity index (χ3v) is 3.28. The normalized spacial score (nSPS) is 11.0. The summed E-state index contributed by atoms with van der Waals surface area (Å²) in [4.78, 5) is 4.26. The summed E-state index contributed by atoms with van der Waals surface area (Å²) in [5.41, 5.74) is 0.824. The summed E-state index contributed by atoms with van der Waals surface area (Å²) in [5.74, 6) is 2.11. The van der Waals surface area contributed by atoms with Crippen LogP contribution < -0.4 is 0 Å². The molecule has 5 nitrogen and oxygen atoms in total. The first-order valence-electron chi connectivity index (χ1n) is 6.44. The molecule has 0 amide bonds. The molecule has 21 heavy (non-hydrogen) atoms. The smallest absolute Gasteiger partial charge is 0.293 e. The summed E-state index contributed by atoms with van der Waals surface area (Å²) in [7, 11) is 1.63. The standard InChI is InChI=1S/C15H13ClN2O3/c1-19-9-8-14-17-15(21-18-14)13-7-6-12(20-13)10-4-2-3-5-11(10)16/h2-7H,8-9H2,1H3. The lowest BCUT2D eigenvalue weighted by atomic mass is 10.2. The van der Waals surface area contributed by atoms with E-state index in [1.165, 1.54) is 0 Å². The molecule has 108 valence electrons. The topological polar surface area (TPSA) is 61.3 Å². The first-order chi connectivity index (χ1) is 10.3. The van der Waals surface area contributed by atoms with Crippen LogP contribution in [0.3, 0.4) is 0 Å². The van der Waals surface area contributed by atoms with E-state index in [2.05, 4.69) is 10.1 Å². The molecule has 0 N–H and O–H groups in total.